The number of halogens is 3. The van der Waals surface area contributed by atoms with E-state index >= 15 is 0 Å². The van der Waals surface area contributed by atoms with Crippen molar-refractivity contribution in [1.29, 1.82) is 0 Å². The van der Waals surface area contributed by atoms with Gasteiger partial charge < -0.3 is 4.57 Å². The van der Waals surface area contributed by atoms with E-state index in [-0.39, 0.29) is 5.15 Å². The summed E-state index contributed by atoms with van der Waals surface area (Å²) in [5.74, 6) is 0. The van der Waals surface area contributed by atoms with E-state index < -0.39 is 0 Å². The summed E-state index contributed by atoms with van der Waals surface area (Å²) < 4.78 is 2.02. The molecule has 0 spiro atoms. The summed E-state index contributed by atoms with van der Waals surface area (Å²) in [6, 6.07) is 11.7. The highest BCUT2D eigenvalue weighted by Gasteiger charge is 2.16. The largest absolute Gasteiger partial charge is 0.335 e. The third-order valence-corrected chi connectivity index (χ3v) is 5.61. The van der Waals surface area contributed by atoms with Crippen LogP contribution in [0.1, 0.15) is 5.56 Å². The Morgan fingerprint density at radius 3 is 2.42 bits per heavy atom. The van der Waals surface area contributed by atoms with Crippen LogP contribution in [0.15, 0.2) is 48.8 Å². The van der Waals surface area contributed by atoms with Gasteiger partial charge in [-0.1, -0.05) is 53.0 Å². The molecule has 0 aliphatic carbocycles. The molecule has 3 aromatic heterocycles. The molecule has 26 heavy (non-hydrogen) atoms. The van der Waals surface area contributed by atoms with E-state index in [1.807, 2.05) is 35.9 Å². The molecule has 3 heterocycles. The van der Waals surface area contributed by atoms with Crippen LogP contribution >= 0.6 is 34.8 Å². The van der Waals surface area contributed by atoms with Crippen LogP contribution in [-0.2, 0) is 7.05 Å². The van der Waals surface area contributed by atoms with Gasteiger partial charge in [0.15, 0.2) is 0 Å². The van der Waals surface area contributed by atoms with E-state index in [0.29, 0.717) is 10.0 Å². The van der Waals surface area contributed by atoms with Crippen molar-refractivity contribution in [1.82, 2.24) is 14.5 Å². The summed E-state index contributed by atoms with van der Waals surface area (Å²) in [5.41, 5.74) is 5.31. The number of fused-ring (bicyclic) bond motifs is 1. The van der Waals surface area contributed by atoms with E-state index in [2.05, 4.69) is 24.2 Å². The van der Waals surface area contributed by atoms with Crippen molar-refractivity contribution in [3.8, 4) is 22.4 Å². The second-order valence-electron chi connectivity index (χ2n) is 6.12. The lowest BCUT2D eigenvalue weighted by Gasteiger charge is -2.11. The van der Waals surface area contributed by atoms with Crippen LogP contribution < -0.4 is 0 Å². The SMILES string of the molecule is Cc1cn(C)c2nc(-c3cccc(-c4ccnc(Cl)c4Cl)c3Cl)ccc12. The maximum absolute atomic E-state index is 6.73. The Labute approximate surface area is 166 Å². The minimum Gasteiger partial charge on any atom is -0.335 e. The number of benzene rings is 1. The molecule has 0 radical (unpaired) electrons. The number of aryl methyl sites for hydroxylation is 2. The van der Waals surface area contributed by atoms with Gasteiger partial charge in [-0.05, 0) is 30.7 Å². The molecule has 0 amide bonds. The molecule has 4 aromatic rings. The highest BCUT2D eigenvalue weighted by molar-refractivity contribution is 6.43. The van der Waals surface area contributed by atoms with Crippen LogP contribution in [0.2, 0.25) is 15.2 Å². The van der Waals surface area contributed by atoms with Crippen LogP contribution in [0, 0.1) is 6.92 Å². The van der Waals surface area contributed by atoms with E-state index in [4.69, 9.17) is 39.8 Å². The fourth-order valence-corrected chi connectivity index (χ4v) is 3.86. The van der Waals surface area contributed by atoms with Gasteiger partial charge in [-0.2, -0.15) is 0 Å². The number of hydrogen-bond donors (Lipinski definition) is 0. The Bertz CT molecular complexity index is 1150. The second kappa shape index (κ2) is 6.58. The van der Waals surface area contributed by atoms with Crippen LogP contribution in [0.25, 0.3) is 33.4 Å². The van der Waals surface area contributed by atoms with E-state index in [1.165, 1.54) is 5.56 Å². The number of hydrogen-bond acceptors (Lipinski definition) is 2. The summed E-state index contributed by atoms with van der Waals surface area (Å²) in [4.78, 5) is 8.81. The van der Waals surface area contributed by atoms with Gasteiger partial charge >= 0.3 is 0 Å². The maximum atomic E-state index is 6.73. The van der Waals surface area contributed by atoms with Crippen molar-refractivity contribution in [2.75, 3.05) is 0 Å². The van der Waals surface area contributed by atoms with Crippen molar-refractivity contribution < 1.29 is 0 Å². The molecule has 4 rings (SSSR count). The Kier molecular flexibility index (Phi) is 4.39. The molecule has 0 N–H and O–H groups in total. The van der Waals surface area contributed by atoms with Crippen LogP contribution in [0.3, 0.4) is 0 Å². The zero-order valence-corrected chi connectivity index (χ0v) is 16.4. The average molecular weight is 403 g/mol. The summed E-state index contributed by atoms with van der Waals surface area (Å²) in [5, 5.41) is 2.35. The van der Waals surface area contributed by atoms with Gasteiger partial charge in [0.1, 0.15) is 10.8 Å². The van der Waals surface area contributed by atoms with Crippen molar-refractivity contribution in [2.24, 2.45) is 7.05 Å². The number of pyridine rings is 2. The Morgan fingerprint density at radius 1 is 0.885 bits per heavy atom. The molecular weight excluding hydrogens is 389 g/mol. The van der Waals surface area contributed by atoms with Gasteiger partial charge in [0.05, 0.1) is 15.7 Å². The molecule has 0 fully saturated rings. The topological polar surface area (TPSA) is 30.7 Å². The Hall–Kier alpha value is -2.07. The second-order valence-corrected chi connectivity index (χ2v) is 7.24. The van der Waals surface area contributed by atoms with Crippen molar-refractivity contribution in [2.45, 2.75) is 6.92 Å². The molecule has 0 aliphatic rings. The number of aromatic nitrogens is 3. The molecule has 1 aromatic carbocycles. The van der Waals surface area contributed by atoms with Crippen molar-refractivity contribution in [3.63, 3.8) is 0 Å². The minimum atomic E-state index is 0.254. The molecule has 0 atom stereocenters. The highest BCUT2D eigenvalue weighted by atomic mass is 35.5. The fourth-order valence-electron chi connectivity index (χ4n) is 3.16. The van der Waals surface area contributed by atoms with Crippen molar-refractivity contribution in [3.05, 3.63) is 69.6 Å². The third-order valence-electron chi connectivity index (χ3n) is 4.43. The van der Waals surface area contributed by atoms with Gasteiger partial charge in [-0.3, -0.25) is 0 Å². The Balaban J connectivity index is 1.91. The maximum Gasteiger partial charge on any atom is 0.148 e. The number of nitrogens with zero attached hydrogens (tertiary/aromatic N) is 3. The quantitative estimate of drug-likeness (QED) is 0.355. The molecule has 0 unspecified atom stereocenters. The van der Waals surface area contributed by atoms with Gasteiger partial charge in [0.25, 0.3) is 0 Å². The molecule has 3 nitrogen and oxygen atoms in total. The van der Waals surface area contributed by atoms with Crippen molar-refractivity contribution >= 4 is 45.8 Å². The molecule has 130 valence electrons. The first-order valence-corrected chi connectivity index (χ1v) is 9.12. The van der Waals surface area contributed by atoms with E-state index in [0.717, 1.165) is 33.4 Å². The molecule has 0 saturated heterocycles. The predicted octanol–water partition coefficient (Wildman–Crippen LogP) is 6.57. The van der Waals surface area contributed by atoms with Gasteiger partial charge in [0, 0.05) is 41.5 Å². The third kappa shape index (κ3) is 2.77. The summed E-state index contributed by atoms with van der Waals surface area (Å²) >= 11 is 19.1. The lowest BCUT2D eigenvalue weighted by atomic mass is 10.0. The first kappa shape index (κ1) is 17.3. The summed E-state index contributed by atoms with van der Waals surface area (Å²) in [6.07, 6.45) is 3.68. The molecule has 0 saturated carbocycles. The van der Waals surface area contributed by atoms with E-state index in [1.54, 1.807) is 12.3 Å². The Morgan fingerprint density at radius 2 is 1.62 bits per heavy atom. The molecule has 6 heteroatoms. The average Bonchev–Trinajstić information content (AvgIpc) is 2.92. The lowest BCUT2D eigenvalue weighted by molar-refractivity contribution is 0.945. The minimum absolute atomic E-state index is 0.254. The van der Waals surface area contributed by atoms with Crippen LogP contribution in [0.4, 0.5) is 0 Å². The van der Waals surface area contributed by atoms with E-state index in [9.17, 15) is 0 Å². The summed E-state index contributed by atoms with van der Waals surface area (Å²) in [6.45, 7) is 2.08. The van der Waals surface area contributed by atoms with Crippen LogP contribution in [-0.4, -0.2) is 14.5 Å². The highest BCUT2D eigenvalue weighted by Crippen LogP contribution is 2.40. The van der Waals surface area contributed by atoms with Gasteiger partial charge in [-0.15, -0.1) is 0 Å². The summed E-state index contributed by atoms with van der Waals surface area (Å²) in [7, 11) is 1.99. The molecular formula is C20H14Cl3N3. The molecule has 0 aliphatic heterocycles. The zero-order valence-electron chi connectivity index (χ0n) is 14.1. The molecule has 0 bridgehead atoms. The normalized spacial score (nSPS) is 11.3. The smallest absolute Gasteiger partial charge is 0.148 e. The predicted molar refractivity (Wildman–Crippen MR) is 109 cm³/mol. The van der Waals surface area contributed by atoms with Gasteiger partial charge in [-0.25, -0.2) is 9.97 Å². The fraction of sp³-hybridized carbons (Fsp3) is 0.100. The zero-order chi connectivity index (χ0) is 18.4. The number of rotatable bonds is 2. The lowest BCUT2D eigenvalue weighted by Crippen LogP contribution is -1.92. The first-order chi connectivity index (χ1) is 12.5. The first-order valence-electron chi connectivity index (χ1n) is 7.99. The standard InChI is InChI=1S/C20H14Cl3N3/c1-11-10-26(2)20-12(11)6-7-16(25-20)15-5-3-4-13(17(15)21)14-8-9-24-19(23)18(14)22/h3-10H,1-2H3. The van der Waals surface area contributed by atoms with Crippen LogP contribution in [0.5, 0.6) is 0 Å². The van der Waals surface area contributed by atoms with Gasteiger partial charge in [0.2, 0.25) is 0 Å². The monoisotopic (exact) mass is 401 g/mol.